The number of hydrogen-bond donors (Lipinski definition) is 2. The Kier molecular flexibility index (Phi) is 4.03. The Morgan fingerprint density at radius 2 is 1.32 bits per heavy atom. The van der Waals surface area contributed by atoms with Crippen LogP contribution in [0.15, 0.2) is 42.5 Å². The maximum absolute atomic E-state index is 10.4. The average molecular weight is 256 g/mol. The summed E-state index contributed by atoms with van der Waals surface area (Å²) in [5.41, 5.74) is 4.75. The summed E-state index contributed by atoms with van der Waals surface area (Å²) in [5, 5.41) is 20.8. The standard InChI is InChI=1S/C17H20O2/c1-11-9-12(2)15(13(3)10-11)17(19)16(18)14-7-5-4-6-8-14/h4-10,16-19H,1-3H3. The van der Waals surface area contributed by atoms with Gasteiger partial charge in [-0.15, -0.1) is 0 Å². The summed E-state index contributed by atoms with van der Waals surface area (Å²) in [6.45, 7) is 5.97. The molecule has 2 aromatic carbocycles. The van der Waals surface area contributed by atoms with Crippen molar-refractivity contribution in [1.82, 2.24) is 0 Å². The number of aryl methyl sites for hydroxylation is 3. The van der Waals surface area contributed by atoms with E-state index in [1.165, 1.54) is 5.56 Å². The highest BCUT2D eigenvalue weighted by Crippen LogP contribution is 2.32. The van der Waals surface area contributed by atoms with Crippen LogP contribution in [0.3, 0.4) is 0 Å². The lowest BCUT2D eigenvalue weighted by atomic mass is 9.90. The van der Waals surface area contributed by atoms with Crippen LogP contribution >= 0.6 is 0 Å². The number of benzene rings is 2. The second-order valence-corrected chi connectivity index (χ2v) is 5.11. The van der Waals surface area contributed by atoms with Crippen LogP contribution < -0.4 is 0 Å². The van der Waals surface area contributed by atoms with Crippen molar-refractivity contribution in [3.8, 4) is 0 Å². The summed E-state index contributed by atoms with van der Waals surface area (Å²) >= 11 is 0. The van der Waals surface area contributed by atoms with Gasteiger partial charge in [0.05, 0.1) is 0 Å². The van der Waals surface area contributed by atoms with E-state index >= 15 is 0 Å². The Balaban J connectivity index is 2.37. The normalized spacial score (nSPS) is 14.2. The van der Waals surface area contributed by atoms with Gasteiger partial charge in [0.2, 0.25) is 0 Å². The predicted octanol–water partition coefficient (Wildman–Crippen LogP) is 3.38. The highest BCUT2D eigenvalue weighted by Gasteiger charge is 2.23. The fourth-order valence-corrected chi connectivity index (χ4v) is 2.65. The van der Waals surface area contributed by atoms with Gasteiger partial charge in [0, 0.05) is 0 Å². The molecule has 0 heterocycles. The molecule has 2 unspecified atom stereocenters. The Morgan fingerprint density at radius 3 is 1.84 bits per heavy atom. The van der Waals surface area contributed by atoms with Crippen molar-refractivity contribution in [2.45, 2.75) is 33.0 Å². The first-order valence-electron chi connectivity index (χ1n) is 6.49. The van der Waals surface area contributed by atoms with E-state index in [1.54, 1.807) is 0 Å². The number of rotatable bonds is 3. The van der Waals surface area contributed by atoms with Crippen molar-refractivity contribution >= 4 is 0 Å². The molecule has 0 spiro atoms. The van der Waals surface area contributed by atoms with Gasteiger partial charge in [0.15, 0.2) is 0 Å². The highest BCUT2D eigenvalue weighted by atomic mass is 16.3. The van der Waals surface area contributed by atoms with Gasteiger partial charge < -0.3 is 10.2 Å². The molecule has 2 aromatic rings. The van der Waals surface area contributed by atoms with Crippen LogP contribution in [0.2, 0.25) is 0 Å². The number of aliphatic hydroxyl groups is 2. The van der Waals surface area contributed by atoms with E-state index < -0.39 is 12.2 Å². The van der Waals surface area contributed by atoms with Crippen molar-refractivity contribution in [1.29, 1.82) is 0 Å². The van der Waals surface area contributed by atoms with E-state index in [1.807, 2.05) is 63.2 Å². The van der Waals surface area contributed by atoms with Gasteiger partial charge in [-0.1, -0.05) is 48.0 Å². The monoisotopic (exact) mass is 256 g/mol. The van der Waals surface area contributed by atoms with Gasteiger partial charge >= 0.3 is 0 Å². The molecule has 0 radical (unpaired) electrons. The largest absolute Gasteiger partial charge is 0.385 e. The Hall–Kier alpha value is -1.64. The van der Waals surface area contributed by atoms with Gasteiger partial charge in [-0.05, 0) is 43.0 Å². The van der Waals surface area contributed by atoms with E-state index in [0.29, 0.717) is 0 Å². The minimum Gasteiger partial charge on any atom is -0.385 e. The van der Waals surface area contributed by atoms with E-state index in [0.717, 1.165) is 22.3 Å². The van der Waals surface area contributed by atoms with Crippen LogP contribution in [0.4, 0.5) is 0 Å². The van der Waals surface area contributed by atoms with Crippen molar-refractivity contribution in [2.75, 3.05) is 0 Å². The first kappa shape index (κ1) is 13.8. The molecule has 0 amide bonds. The zero-order valence-electron chi connectivity index (χ0n) is 11.6. The molecule has 0 aliphatic heterocycles. The molecule has 19 heavy (non-hydrogen) atoms. The summed E-state index contributed by atoms with van der Waals surface area (Å²) in [6, 6.07) is 13.3. The molecular weight excluding hydrogens is 236 g/mol. The van der Waals surface area contributed by atoms with Crippen LogP contribution in [0.1, 0.15) is 40.0 Å². The van der Waals surface area contributed by atoms with E-state index in [4.69, 9.17) is 0 Å². The predicted molar refractivity (Wildman–Crippen MR) is 77.0 cm³/mol. The zero-order chi connectivity index (χ0) is 14.0. The van der Waals surface area contributed by atoms with Crippen molar-refractivity contribution in [3.05, 3.63) is 70.3 Å². The molecule has 0 saturated carbocycles. The molecule has 0 bridgehead atoms. The van der Waals surface area contributed by atoms with E-state index in [9.17, 15) is 10.2 Å². The fourth-order valence-electron chi connectivity index (χ4n) is 2.65. The lowest BCUT2D eigenvalue weighted by Gasteiger charge is -2.22. The molecule has 2 atom stereocenters. The third kappa shape index (κ3) is 2.86. The van der Waals surface area contributed by atoms with Gasteiger partial charge in [-0.2, -0.15) is 0 Å². The SMILES string of the molecule is Cc1cc(C)c(C(O)C(O)c2ccccc2)c(C)c1. The Bertz CT molecular complexity index is 538. The average Bonchev–Trinajstić information content (AvgIpc) is 2.37. The molecule has 2 rings (SSSR count). The second kappa shape index (κ2) is 5.55. The van der Waals surface area contributed by atoms with Gasteiger partial charge in [-0.25, -0.2) is 0 Å². The molecule has 2 nitrogen and oxygen atoms in total. The zero-order valence-corrected chi connectivity index (χ0v) is 11.6. The van der Waals surface area contributed by atoms with Crippen molar-refractivity contribution in [3.63, 3.8) is 0 Å². The lowest BCUT2D eigenvalue weighted by Crippen LogP contribution is -2.13. The van der Waals surface area contributed by atoms with E-state index in [2.05, 4.69) is 0 Å². The number of hydrogen-bond acceptors (Lipinski definition) is 2. The maximum Gasteiger partial charge on any atom is 0.110 e. The molecule has 2 heteroatoms. The van der Waals surface area contributed by atoms with Crippen LogP contribution in [-0.4, -0.2) is 10.2 Å². The molecule has 2 N–H and O–H groups in total. The molecule has 100 valence electrons. The van der Waals surface area contributed by atoms with Crippen LogP contribution in [0.5, 0.6) is 0 Å². The molecular formula is C17H20O2. The molecule has 0 aliphatic rings. The smallest absolute Gasteiger partial charge is 0.110 e. The molecule has 0 aromatic heterocycles. The van der Waals surface area contributed by atoms with Crippen molar-refractivity contribution < 1.29 is 10.2 Å². The van der Waals surface area contributed by atoms with Crippen LogP contribution in [0.25, 0.3) is 0 Å². The Labute approximate surface area is 114 Å². The minimum atomic E-state index is -0.902. The lowest BCUT2D eigenvalue weighted by molar-refractivity contribution is 0.0165. The Morgan fingerprint density at radius 1 is 0.789 bits per heavy atom. The first-order chi connectivity index (χ1) is 9.00. The van der Waals surface area contributed by atoms with Crippen molar-refractivity contribution in [2.24, 2.45) is 0 Å². The topological polar surface area (TPSA) is 40.5 Å². The molecule has 0 saturated heterocycles. The first-order valence-corrected chi connectivity index (χ1v) is 6.49. The van der Waals surface area contributed by atoms with E-state index in [-0.39, 0.29) is 0 Å². The highest BCUT2D eigenvalue weighted by molar-refractivity contribution is 5.40. The summed E-state index contributed by atoms with van der Waals surface area (Å²) in [7, 11) is 0. The van der Waals surface area contributed by atoms with Gasteiger partial charge in [-0.3, -0.25) is 0 Å². The molecule has 0 fully saturated rings. The quantitative estimate of drug-likeness (QED) is 0.883. The third-order valence-corrected chi connectivity index (χ3v) is 3.47. The minimum absolute atomic E-state index is 0.731. The number of aliphatic hydroxyl groups excluding tert-OH is 2. The van der Waals surface area contributed by atoms with Crippen LogP contribution in [-0.2, 0) is 0 Å². The third-order valence-electron chi connectivity index (χ3n) is 3.47. The summed E-state index contributed by atoms with van der Waals surface area (Å²) in [6.07, 6.45) is -1.80. The maximum atomic E-state index is 10.4. The summed E-state index contributed by atoms with van der Waals surface area (Å²) in [5.74, 6) is 0. The van der Waals surface area contributed by atoms with Gasteiger partial charge in [0.25, 0.3) is 0 Å². The van der Waals surface area contributed by atoms with Crippen LogP contribution in [0, 0.1) is 20.8 Å². The second-order valence-electron chi connectivity index (χ2n) is 5.11. The summed E-state index contributed by atoms with van der Waals surface area (Å²) < 4.78 is 0. The summed E-state index contributed by atoms with van der Waals surface area (Å²) in [4.78, 5) is 0. The fraction of sp³-hybridized carbons (Fsp3) is 0.294. The van der Waals surface area contributed by atoms with Gasteiger partial charge in [0.1, 0.15) is 12.2 Å². The molecule has 0 aliphatic carbocycles.